The molecule has 0 aromatic heterocycles. The highest BCUT2D eigenvalue weighted by Crippen LogP contribution is 2.25. The Kier molecular flexibility index (Phi) is 6.25. The second-order valence-corrected chi connectivity index (χ2v) is 4.94. The predicted octanol–water partition coefficient (Wildman–Crippen LogP) is 3.74. The van der Waals surface area contributed by atoms with Crippen molar-refractivity contribution in [1.82, 2.24) is 5.32 Å². The van der Waals surface area contributed by atoms with Gasteiger partial charge >= 0.3 is 0 Å². The number of hydrogen-bond acceptors (Lipinski definition) is 1. The van der Waals surface area contributed by atoms with Gasteiger partial charge < -0.3 is 5.32 Å². The van der Waals surface area contributed by atoms with E-state index in [9.17, 15) is 0 Å². The van der Waals surface area contributed by atoms with E-state index in [1.807, 2.05) is 0 Å². The summed E-state index contributed by atoms with van der Waals surface area (Å²) in [6.07, 6.45) is 11.5. The molecule has 1 nitrogen and oxygen atoms in total. The van der Waals surface area contributed by atoms with E-state index in [0.29, 0.717) is 0 Å². The SMILES string of the molecule is CCC[C@H](C)NCCC1CCCCC1. The van der Waals surface area contributed by atoms with E-state index in [0.717, 1.165) is 12.0 Å². The average molecular weight is 197 g/mol. The van der Waals surface area contributed by atoms with Crippen LogP contribution in [0.15, 0.2) is 0 Å². The van der Waals surface area contributed by atoms with Crippen LogP contribution in [0, 0.1) is 5.92 Å². The number of hydrogen-bond donors (Lipinski definition) is 1. The topological polar surface area (TPSA) is 12.0 Å². The molecule has 0 spiro atoms. The van der Waals surface area contributed by atoms with Crippen molar-refractivity contribution >= 4 is 0 Å². The molecule has 1 fully saturated rings. The van der Waals surface area contributed by atoms with Crippen LogP contribution < -0.4 is 5.32 Å². The summed E-state index contributed by atoms with van der Waals surface area (Å²) in [5, 5.41) is 3.63. The Morgan fingerprint density at radius 3 is 2.57 bits per heavy atom. The molecule has 1 N–H and O–H groups in total. The van der Waals surface area contributed by atoms with E-state index >= 15 is 0 Å². The maximum Gasteiger partial charge on any atom is 0.00386 e. The van der Waals surface area contributed by atoms with E-state index in [1.165, 1.54) is 57.9 Å². The van der Waals surface area contributed by atoms with Gasteiger partial charge in [-0.15, -0.1) is 0 Å². The van der Waals surface area contributed by atoms with Crippen molar-refractivity contribution in [2.24, 2.45) is 5.92 Å². The molecule has 0 amide bonds. The van der Waals surface area contributed by atoms with Gasteiger partial charge in [-0.05, 0) is 32.2 Å². The van der Waals surface area contributed by atoms with Gasteiger partial charge in [0.2, 0.25) is 0 Å². The first-order valence-corrected chi connectivity index (χ1v) is 6.56. The van der Waals surface area contributed by atoms with Crippen LogP contribution in [0.25, 0.3) is 0 Å². The maximum absolute atomic E-state index is 3.63. The maximum atomic E-state index is 3.63. The lowest BCUT2D eigenvalue weighted by molar-refractivity contribution is 0.327. The molecular weight excluding hydrogens is 170 g/mol. The first-order chi connectivity index (χ1) is 6.83. The predicted molar refractivity (Wildman–Crippen MR) is 63.6 cm³/mol. The van der Waals surface area contributed by atoms with Crippen molar-refractivity contribution in [2.75, 3.05) is 6.54 Å². The highest BCUT2D eigenvalue weighted by molar-refractivity contribution is 4.68. The summed E-state index contributed by atoms with van der Waals surface area (Å²) in [6, 6.07) is 0.726. The van der Waals surface area contributed by atoms with Gasteiger partial charge in [-0.1, -0.05) is 45.4 Å². The second kappa shape index (κ2) is 7.28. The van der Waals surface area contributed by atoms with Crippen LogP contribution in [0.5, 0.6) is 0 Å². The quantitative estimate of drug-likeness (QED) is 0.684. The lowest BCUT2D eigenvalue weighted by Gasteiger charge is -2.22. The highest BCUT2D eigenvalue weighted by Gasteiger charge is 2.12. The molecule has 0 heterocycles. The fourth-order valence-corrected chi connectivity index (χ4v) is 2.54. The fraction of sp³-hybridized carbons (Fsp3) is 1.00. The van der Waals surface area contributed by atoms with Crippen LogP contribution >= 0.6 is 0 Å². The van der Waals surface area contributed by atoms with Crippen molar-refractivity contribution in [1.29, 1.82) is 0 Å². The van der Waals surface area contributed by atoms with Crippen molar-refractivity contribution in [3.63, 3.8) is 0 Å². The smallest absolute Gasteiger partial charge is 0.00386 e. The van der Waals surface area contributed by atoms with Gasteiger partial charge in [0.1, 0.15) is 0 Å². The Morgan fingerprint density at radius 1 is 1.21 bits per heavy atom. The van der Waals surface area contributed by atoms with Crippen LogP contribution in [0.1, 0.15) is 65.2 Å². The van der Waals surface area contributed by atoms with Crippen LogP contribution in [-0.4, -0.2) is 12.6 Å². The molecule has 0 aliphatic heterocycles. The Balaban J connectivity index is 1.96. The van der Waals surface area contributed by atoms with Crippen molar-refractivity contribution in [3.8, 4) is 0 Å². The molecule has 1 heteroatoms. The van der Waals surface area contributed by atoms with Crippen molar-refractivity contribution in [2.45, 2.75) is 71.3 Å². The molecule has 0 saturated heterocycles. The molecule has 14 heavy (non-hydrogen) atoms. The van der Waals surface area contributed by atoms with Crippen LogP contribution in [-0.2, 0) is 0 Å². The minimum atomic E-state index is 0.726. The van der Waals surface area contributed by atoms with E-state index in [1.54, 1.807) is 0 Å². The molecule has 1 atom stereocenters. The van der Waals surface area contributed by atoms with Crippen LogP contribution in [0.3, 0.4) is 0 Å². The molecular formula is C13H27N. The first-order valence-electron chi connectivity index (χ1n) is 6.56. The Labute approximate surface area is 89.7 Å². The summed E-state index contributed by atoms with van der Waals surface area (Å²) >= 11 is 0. The van der Waals surface area contributed by atoms with Crippen LogP contribution in [0.2, 0.25) is 0 Å². The molecule has 0 unspecified atom stereocenters. The number of nitrogens with one attached hydrogen (secondary N) is 1. The zero-order chi connectivity index (χ0) is 10.2. The van der Waals surface area contributed by atoms with Crippen molar-refractivity contribution < 1.29 is 0 Å². The van der Waals surface area contributed by atoms with Gasteiger partial charge in [-0.3, -0.25) is 0 Å². The lowest BCUT2D eigenvalue weighted by atomic mass is 9.87. The number of rotatable bonds is 6. The normalized spacial score (nSPS) is 21.0. The third-order valence-corrected chi connectivity index (χ3v) is 3.49. The summed E-state index contributed by atoms with van der Waals surface area (Å²) in [6.45, 7) is 5.81. The molecule has 0 radical (unpaired) electrons. The van der Waals surface area contributed by atoms with Gasteiger partial charge in [0.05, 0.1) is 0 Å². The largest absolute Gasteiger partial charge is 0.314 e. The van der Waals surface area contributed by atoms with Gasteiger partial charge in [-0.25, -0.2) is 0 Å². The second-order valence-electron chi connectivity index (χ2n) is 4.94. The molecule has 1 aliphatic carbocycles. The van der Waals surface area contributed by atoms with Crippen molar-refractivity contribution in [3.05, 3.63) is 0 Å². The lowest BCUT2D eigenvalue weighted by Crippen LogP contribution is -2.28. The molecule has 0 bridgehead atoms. The molecule has 1 aliphatic rings. The molecule has 84 valence electrons. The monoisotopic (exact) mass is 197 g/mol. The molecule has 1 rings (SSSR count). The summed E-state index contributed by atoms with van der Waals surface area (Å²) in [4.78, 5) is 0. The summed E-state index contributed by atoms with van der Waals surface area (Å²) in [5.74, 6) is 1.03. The standard InChI is InChI=1S/C13H27N/c1-3-7-12(2)14-11-10-13-8-5-4-6-9-13/h12-14H,3-11H2,1-2H3/t12-/m0/s1. The zero-order valence-corrected chi connectivity index (χ0v) is 10.0. The summed E-state index contributed by atoms with van der Waals surface area (Å²) in [7, 11) is 0. The fourth-order valence-electron chi connectivity index (χ4n) is 2.54. The Morgan fingerprint density at radius 2 is 1.93 bits per heavy atom. The Hall–Kier alpha value is -0.0400. The summed E-state index contributed by atoms with van der Waals surface area (Å²) in [5.41, 5.74) is 0. The van der Waals surface area contributed by atoms with Gasteiger partial charge in [0, 0.05) is 6.04 Å². The molecule has 0 aromatic carbocycles. The van der Waals surface area contributed by atoms with E-state index in [2.05, 4.69) is 19.2 Å². The Bertz CT molecular complexity index is 127. The summed E-state index contributed by atoms with van der Waals surface area (Å²) < 4.78 is 0. The van der Waals surface area contributed by atoms with Gasteiger partial charge in [0.15, 0.2) is 0 Å². The first kappa shape index (κ1) is 12.0. The third kappa shape index (κ3) is 4.99. The molecule has 0 aromatic rings. The van der Waals surface area contributed by atoms with E-state index < -0.39 is 0 Å². The van der Waals surface area contributed by atoms with Gasteiger partial charge in [-0.2, -0.15) is 0 Å². The van der Waals surface area contributed by atoms with Crippen LogP contribution in [0.4, 0.5) is 0 Å². The average Bonchev–Trinajstić information content (AvgIpc) is 2.20. The minimum Gasteiger partial charge on any atom is -0.314 e. The van der Waals surface area contributed by atoms with E-state index in [-0.39, 0.29) is 0 Å². The van der Waals surface area contributed by atoms with Gasteiger partial charge in [0.25, 0.3) is 0 Å². The molecule has 1 saturated carbocycles. The van der Waals surface area contributed by atoms with E-state index in [4.69, 9.17) is 0 Å². The minimum absolute atomic E-state index is 0.726. The highest BCUT2D eigenvalue weighted by atomic mass is 14.9. The zero-order valence-electron chi connectivity index (χ0n) is 10.0. The third-order valence-electron chi connectivity index (χ3n) is 3.49.